The van der Waals surface area contributed by atoms with Gasteiger partial charge in [0, 0.05) is 38.0 Å². The maximum absolute atomic E-state index is 2.31. The molecule has 0 saturated carbocycles. The van der Waals surface area contributed by atoms with E-state index in [4.69, 9.17) is 0 Å². The van der Waals surface area contributed by atoms with E-state index in [1.54, 1.807) is 0 Å². The predicted octanol–water partition coefficient (Wildman–Crippen LogP) is 4.36. The zero-order chi connectivity index (χ0) is 11.4. The molecule has 0 nitrogen and oxygen atoms in total. The van der Waals surface area contributed by atoms with E-state index >= 15 is 0 Å². The van der Waals surface area contributed by atoms with E-state index in [2.05, 4.69) is 74.6 Å². The normalized spacial score (nSPS) is 20.4. The maximum Gasteiger partial charge on any atom is 0.0139 e. The molecule has 0 N–H and O–H groups in total. The van der Waals surface area contributed by atoms with E-state index in [9.17, 15) is 0 Å². The molecular formula is C16H18Zr. The monoisotopic (exact) mass is 300 g/mol. The summed E-state index contributed by atoms with van der Waals surface area (Å²) < 4.78 is 0. The Kier molecular flexibility index (Phi) is 5.85. The summed E-state index contributed by atoms with van der Waals surface area (Å²) in [6.07, 6.45) is 21.9. The summed E-state index contributed by atoms with van der Waals surface area (Å²) in [5, 5.41) is 0. The van der Waals surface area contributed by atoms with Crippen molar-refractivity contribution in [1.29, 1.82) is 0 Å². The van der Waals surface area contributed by atoms with Gasteiger partial charge in [-0.15, -0.1) is 0 Å². The largest absolute Gasteiger partial charge is 0.0738 e. The topological polar surface area (TPSA) is 0 Å². The van der Waals surface area contributed by atoms with E-state index < -0.39 is 0 Å². The van der Waals surface area contributed by atoms with Crippen LogP contribution in [0.15, 0.2) is 71.9 Å². The van der Waals surface area contributed by atoms with Gasteiger partial charge in [0.05, 0.1) is 0 Å². The quantitative estimate of drug-likeness (QED) is 0.679. The summed E-state index contributed by atoms with van der Waals surface area (Å²) in [6, 6.07) is 0. The number of hydrogen-bond acceptors (Lipinski definition) is 0. The van der Waals surface area contributed by atoms with Crippen molar-refractivity contribution in [3.05, 3.63) is 71.9 Å². The Morgan fingerprint density at radius 2 is 1.00 bits per heavy atom. The molecule has 17 heavy (non-hydrogen) atoms. The number of hydrogen-bond donors (Lipinski definition) is 0. The maximum atomic E-state index is 2.31. The number of allylic oxidation sites excluding steroid dienone is 12. The SMILES string of the molecule is CC(=CC1C=CC=C1)C(C)=CC1C=CC=C1.[Zr]. The summed E-state index contributed by atoms with van der Waals surface area (Å²) in [4.78, 5) is 0. The predicted molar refractivity (Wildman–Crippen MR) is 71.1 cm³/mol. The molecule has 0 bridgehead atoms. The Morgan fingerprint density at radius 3 is 1.29 bits per heavy atom. The van der Waals surface area contributed by atoms with Gasteiger partial charge in [0.15, 0.2) is 0 Å². The Morgan fingerprint density at radius 1 is 0.706 bits per heavy atom. The fraction of sp³-hybridized carbons (Fsp3) is 0.250. The minimum Gasteiger partial charge on any atom is -0.0738 e. The summed E-state index contributed by atoms with van der Waals surface area (Å²) >= 11 is 0. The van der Waals surface area contributed by atoms with Gasteiger partial charge in [0.1, 0.15) is 0 Å². The van der Waals surface area contributed by atoms with E-state index in [1.165, 1.54) is 11.1 Å². The standard InChI is InChI=1S/C16H18.Zr/c1-13(11-15-7-3-4-8-15)14(2)12-16-9-5-6-10-16;/h3-12,15-16H,1-2H3;. The van der Waals surface area contributed by atoms with Gasteiger partial charge in [-0.1, -0.05) is 71.9 Å². The van der Waals surface area contributed by atoms with Crippen LogP contribution in [-0.4, -0.2) is 0 Å². The molecule has 0 aliphatic heterocycles. The smallest absolute Gasteiger partial charge is 0.0139 e. The number of rotatable bonds is 3. The molecule has 0 saturated heterocycles. The van der Waals surface area contributed by atoms with Crippen LogP contribution in [0.3, 0.4) is 0 Å². The van der Waals surface area contributed by atoms with Crippen molar-refractivity contribution in [3.63, 3.8) is 0 Å². The first-order valence-electron chi connectivity index (χ1n) is 5.83. The van der Waals surface area contributed by atoms with Crippen molar-refractivity contribution >= 4 is 0 Å². The van der Waals surface area contributed by atoms with Gasteiger partial charge in [-0.25, -0.2) is 0 Å². The molecule has 0 aromatic heterocycles. The van der Waals surface area contributed by atoms with Crippen molar-refractivity contribution in [2.45, 2.75) is 13.8 Å². The minimum atomic E-state index is 0. The van der Waals surface area contributed by atoms with Crippen LogP contribution < -0.4 is 0 Å². The summed E-state index contributed by atoms with van der Waals surface area (Å²) in [7, 11) is 0. The van der Waals surface area contributed by atoms with Gasteiger partial charge in [-0.05, 0) is 13.8 Å². The Hall–Kier alpha value is -0.677. The van der Waals surface area contributed by atoms with Gasteiger partial charge in [0.25, 0.3) is 0 Å². The molecule has 0 aromatic rings. The van der Waals surface area contributed by atoms with E-state index in [0.717, 1.165) is 0 Å². The Balaban J connectivity index is 0.00000144. The van der Waals surface area contributed by atoms with Crippen molar-refractivity contribution in [2.24, 2.45) is 11.8 Å². The molecular weight excluding hydrogens is 283 g/mol. The van der Waals surface area contributed by atoms with Crippen molar-refractivity contribution < 1.29 is 26.2 Å². The second kappa shape index (κ2) is 6.91. The van der Waals surface area contributed by atoms with Crippen LogP contribution in [-0.2, 0) is 26.2 Å². The molecule has 0 fully saturated rings. The minimum absolute atomic E-state index is 0. The fourth-order valence-corrected chi connectivity index (χ4v) is 1.96. The zero-order valence-electron chi connectivity index (χ0n) is 10.4. The molecule has 0 amide bonds. The van der Waals surface area contributed by atoms with E-state index in [-0.39, 0.29) is 26.2 Å². The van der Waals surface area contributed by atoms with Crippen LogP contribution in [0.5, 0.6) is 0 Å². The van der Waals surface area contributed by atoms with Gasteiger partial charge >= 0.3 is 0 Å². The summed E-state index contributed by atoms with van der Waals surface area (Å²) in [5.41, 5.74) is 2.74. The molecule has 0 aromatic carbocycles. The average molecular weight is 302 g/mol. The van der Waals surface area contributed by atoms with Gasteiger partial charge in [-0.2, -0.15) is 0 Å². The second-order valence-electron chi connectivity index (χ2n) is 4.39. The van der Waals surface area contributed by atoms with Crippen molar-refractivity contribution in [1.82, 2.24) is 0 Å². The average Bonchev–Trinajstić information content (AvgIpc) is 2.90. The molecule has 0 atom stereocenters. The van der Waals surface area contributed by atoms with Crippen LogP contribution in [0, 0.1) is 11.8 Å². The van der Waals surface area contributed by atoms with E-state index in [1.807, 2.05) is 0 Å². The summed E-state index contributed by atoms with van der Waals surface area (Å²) in [6.45, 7) is 4.38. The first kappa shape index (κ1) is 14.4. The molecule has 0 heterocycles. The third-order valence-corrected chi connectivity index (χ3v) is 3.06. The van der Waals surface area contributed by atoms with Crippen LogP contribution in [0.4, 0.5) is 0 Å². The Bertz CT molecular complexity index is 364. The van der Waals surface area contributed by atoms with Crippen LogP contribution >= 0.6 is 0 Å². The van der Waals surface area contributed by atoms with Gasteiger partial charge in [-0.3, -0.25) is 0 Å². The van der Waals surface area contributed by atoms with Crippen LogP contribution in [0.2, 0.25) is 0 Å². The van der Waals surface area contributed by atoms with Crippen molar-refractivity contribution in [3.8, 4) is 0 Å². The molecule has 2 aliphatic rings. The zero-order valence-corrected chi connectivity index (χ0v) is 12.9. The first-order chi connectivity index (χ1) is 7.75. The molecule has 1 heteroatoms. The molecule has 2 aliphatic carbocycles. The molecule has 0 radical (unpaired) electrons. The first-order valence-corrected chi connectivity index (χ1v) is 5.83. The third-order valence-electron chi connectivity index (χ3n) is 3.06. The van der Waals surface area contributed by atoms with Gasteiger partial charge in [0.2, 0.25) is 0 Å². The second-order valence-corrected chi connectivity index (χ2v) is 4.39. The van der Waals surface area contributed by atoms with Crippen LogP contribution in [0.1, 0.15) is 13.8 Å². The molecule has 2 rings (SSSR count). The molecule has 0 spiro atoms. The van der Waals surface area contributed by atoms with Crippen LogP contribution in [0.25, 0.3) is 0 Å². The van der Waals surface area contributed by atoms with Gasteiger partial charge < -0.3 is 0 Å². The van der Waals surface area contributed by atoms with Crippen molar-refractivity contribution in [2.75, 3.05) is 0 Å². The summed E-state index contributed by atoms with van der Waals surface area (Å²) in [5.74, 6) is 0.969. The van der Waals surface area contributed by atoms with E-state index in [0.29, 0.717) is 11.8 Å². The Labute approximate surface area is 123 Å². The third kappa shape index (κ3) is 4.24. The molecule has 0 unspecified atom stereocenters. The fourth-order valence-electron chi connectivity index (χ4n) is 1.96. The molecule has 86 valence electrons.